The number of nitrogens with one attached hydrogen (secondary N) is 1. The summed E-state index contributed by atoms with van der Waals surface area (Å²) in [6.07, 6.45) is -5.11. The molecule has 0 radical (unpaired) electrons. The van der Waals surface area contributed by atoms with Gasteiger partial charge in [-0.1, -0.05) is 54.6 Å². The Kier molecular flexibility index (Phi) is 10.0. The molecule has 1 unspecified atom stereocenters. The molecule has 5 rings (SSSR count). The van der Waals surface area contributed by atoms with Gasteiger partial charge in [0.25, 0.3) is 12.1 Å². The number of aliphatic hydroxyl groups excluding tert-OH is 1. The van der Waals surface area contributed by atoms with Crippen LogP contribution in [0.4, 0.5) is 4.79 Å². The Hall–Kier alpha value is -4.78. The number of carbonyl (C=O) groups excluding carboxylic acids is 4. The molecule has 2 aliphatic heterocycles. The number of urea groups is 1. The summed E-state index contributed by atoms with van der Waals surface area (Å²) in [6, 6.07) is 23.7. The van der Waals surface area contributed by atoms with E-state index in [9.17, 15) is 24.3 Å². The van der Waals surface area contributed by atoms with Crippen LogP contribution >= 0.6 is 0 Å². The minimum absolute atomic E-state index is 0.0648. The van der Waals surface area contributed by atoms with Crippen LogP contribution in [0.25, 0.3) is 0 Å². The number of hydrogen-bond acceptors (Lipinski definition) is 10. The number of benzene rings is 3. The number of aliphatic hydroxyl groups is 1. The van der Waals surface area contributed by atoms with Crippen molar-refractivity contribution in [3.05, 3.63) is 95.6 Å². The van der Waals surface area contributed by atoms with Crippen molar-refractivity contribution in [1.29, 1.82) is 0 Å². The van der Waals surface area contributed by atoms with Gasteiger partial charge in [0, 0.05) is 12.8 Å². The summed E-state index contributed by atoms with van der Waals surface area (Å²) in [6.45, 7) is 1.20. The number of carbonyl (C=O) groups is 4. The summed E-state index contributed by atoms with van der Waals surface area (Å²) in [7, 11) is 3.17. The monoisotopic (exact) mass is 632 g/mol. The maximum absolute atomic E-state index is 12.8. The van der Waals surface area contributed by atoms with Gasteiger partial charge in [0.1, 0.15) is 35.2 Å². The second-order valence-electron chi connectivity index (χ2n) is 11.0. The molecule has 3 aromatic rings. The van der Waals surface area contributed by atoms with E-state index in [0.29, 0.717) is 11.5 Å². The molecule has 242 valence electrons. The van der Waals surface area contributed by atoms with Crippen LogP contribution in [0.5, 0.6) is 11.5 Å². The van der Waals surface area contributed by atoms with Gasteiger partial charge in [-0.15, -0.1) is 0 Å². The van der Waals surface area contributed by atoms with Gasteiger partial charge in [0.2, 0.25) is 0 Å². The lowest BCUT2D eigenvalue weighted by molar-refractivity contribution is -0.171. The SMILES string of the molecule is COc1ccc(C(OC[C@H]2O[C@@H](N3C(=O)NC(=O)C3OC(=O)CCC(C)=O)C[C@@H]2O)(c2ccccc2)c2ccc(OC)cc2)cc1. The number of imide groups is 1. The van der Waals surface area contributed by atoms with Gasteiger partial charge < -0.3 is 33.6 Å². The fourth-order valence-electron chi connectivity index (χ4n) is 5.64. The van der Waals surface area contributed by atoms with Crippen molar-refractivity contribution in [2.45, 2.75) is 56.5 Å². The first-order valence-corrected chi connectivity index (χ1v) is 14.8. The van der Waals surface area contributed by atoms with Crippen molar-refractivity contribution in [2.24, 2.45) is 0 Å². The summed E-state index contributed by atoms with van der Waals surface area (Å²) < 4.78 is 29.0. The van der Waals surface area contributed by atoms with E-state index in [0.717, 1.165) is 21.6 Å². The smallest absolute Gasteiger partial charge is 0.329 e. The van der Waals surface area contributed by atoms with Crippen molar-refractivity contribution in [1.82, 2.24) is 10.2 Å². The molecule has 2 fully saturated rings. The highest BCUT2D eigenvalue weighted by Gasteiger charge is 2.50. The Bertz CT molecular complexity index is 1500. The molecule has 3 amide bonds. The highest BCUT2D eigenvalue weighted by molar-refractivity contribution is 6.04. The maximum atomic E-state index is 12.8. The van der Waals surface area contributed by atoms with Crippen molar-refractivity contribution < 1.29 is 48.0 Å². The summed E-state index contributed by atoms with van der Waals surface area (Å²) in [4.78, 5) is 49.8. The normalized spacial score (nSPS) is 21.2. The minimum Gasteiger partial charge on any atom is -0.497 e. The zero-order valence-corrected chi connectivity index (χ0v) is 25.7. The predicted molar refractivity (Wildman–Crippen MR) is 163 cm³/mol. The average molecular weight is 633 g/mol. The lowest BCUT2D eigenvalue weighted by Crippen LogP contribution is -2.46. The van der Waals surface area contributed by atoms with Crippen LogP contribution in [-0.2, 0) is 34.2 Å². The average Bonchev–Trinajstić information content (AvgIpc) is 3.57. The van der Waals surface area contributed by atoms with E-state index in [4.69, 9.17) is 23.7 Å². The second-order valence-corrected chi connectivity index (χ2v) is 11.0. The molecule has 0 saturated carbocycles. The number of Topliss-reactive ketones (excluding diaryl/α,β-unsaturated/α-hetero) is 1. The quantitative estimate of drug-likeness (QED) is 0.163. The van der Waals surface area contributed by atoms with Crippen LogP contribution in [0.3, 0.4) is 0 Å². The third-order valence-electron chi connectivity index (χ3n) is 8.02. The molecular weight excluding hydrogens is 596 g/mol. The number of methoxy groups -OCH3 is 2. The first kappa shape index (κ1) is 32.6. The molecule has 0 bridgehead atoms. The molecule has 4 atom stereocenters. The molecule has 3 aromatic carbocycles. The zero-order valence-electron chi connectivity index (χ0n) is 25.7. The van der Waals surface area contributed by atoms with E-state index in [1.54, 1.807) is 14.2 Å². The summed E-state index contributed by atoms with van der Waals surface area (Å²) >= 11 is 0. The Morgan fingerprint density at radius 2 is 1.46 bits per heavy atom. The van der Waals surface area contributed by atoms with Crippen molar-refractivity contribution in [3.8, 4) is 11.5 Å². The molecule has 2 N–H and O–H groups in total. The Labute approximate surface area is 266 Å². The van der Waals surface area contributed by atoms with E-state index in [1.165, 1.54) is 6.92 Å². The van der Waals surface area contributed by atoms with E-state index >= 15 is 0 Å². The number of esters is 1. The van der Waals surface area contributed by atoms with E-state index in [-0.39, 0.29) is 31.7 Å². The summed E-state index contributed by atoms with van der Waals surface area (Å²) in [5, 5.41) is 13.2. The molecule has 2 saturated heterocycles. The summed E-state index contributed by atoms with van der Waals surface area (Å²) in [5.41, 5.74) is 1.17. The van der Waals surface area contributed by atoms with Crippen molar-refractivity contribution in [3.63, 3.8) is 0 Å². The first-order valence-electron chi connectivity index (χ1n) is 14.8. The highest BCUT2D eigenvalue weighted by Crippen LogP contribution is 2.42. The molecule has 46 heavy (non-hydrogen) atoms. The van der Waals surface area contributed by atoms with Crippen LogP contribution in [0.15, 0.2) is 78.9 Å². The molecule has 12 heteroatoms. The molecule has 2 heterocycles. The summed E-state index contributed by atoms with van der Waals surface area (Å²) in [5.74, 6) is -0.566. The minimum atomic E-state index is -1.61. The third kappa shape index (κ3) is 6.74. The largest absolute Gasteiger partial charge is 0.497 e. The van der Waals surface area contributed by atoms with Gasteiger partial charge in [-0.25, -0.2) is 4.79 Å². The number of amides is 3. The van der Waals surface area contributed by atoms with Crippen LogP contribution in [-0.4, -0.2) is 79.2 Å². The predicted octanol–water partition coefficient (Wildman–Crippen LogP) is 3.28. The standard InChI is InChI=1S/C34H36N2O10/c1-21(37)9-18-30(39)46-32-31(40)35-33(41)36(32)29-19-27(38)28(45-29)20-44-34(22-7-5-4-6-8-22,23-10-14-25(42-2)15-11-23)24-12-16-26(43-3)17-13-24/h4-8,10-17,27-29,32,38H,9,18-20H2,1-3H3,(H,35,40,41)/t27-,28+,29+,32?/m0/s1. The van der Waals surface area contributed by atoms with Gasteiger partial charge in [-0.3, -0.25) is 19.8 Å². The van der Waals surface area contributed by atoms with Crippen LogP contribution < -0.4 is 14.8 Å². The topological polar surface area (TPSA) is 150 Å². The Balaban J connectivity index is 1.43. The maximum Gasteiger partial charge on any atom is 0.329 e. The van der Waals surface area contributed by atoms with E-state index < -0.39 is 48.2 Å². The fraction of sp³-hybridized carbons (Fsp3) is 0.353. The Morgan fingerprint density at radius 1 is 0.891 bits per heavy atom. The van der Waals surface area contributed by atoms with Gasteiger partial charge in [-0.2, -0.15) is 0 Å². The van der Waals surface area contributed by atoms with Gasteiger partial charge >= 0.3 is 12.0 Å². The third-order valence-corrected chi connectivity index (χ3v) is 8.02. The van der Waals surface area contributed by atoms with E-state index in [1.807, 2.05) is 78.9 Å². The Morgan fingerprint density at radius 3 is 2.00 bits per heavy atom. The van der Waals surface area contributed by atoms with Crippen molar-refractivity contribution in [2.75, 3.05) is 20.8 Å². The lowest BCUT2D eigenvalue weighted by atomic mass is 9.80. The van der Waals surface area contributed by atoms with Gasteiger partial charge in [-0.05, 0) is 47.9 Å². The molecule has 0 aliphatic carbocycles. The van der Waals surface area contributed by atoms with Crippen molar-refractivity contribution >= 4 is 23.7 Å². The number of hydrogen-bond donors (Lipinski definition) is 2. The highest BCUT2D eigenvalue weighted by atomic mass is 16.6. The second kappa shape index (κ2) is 14.1. The van der Waals surface area contributed by atoms with Crippen LogP contribution in [0.1, 0.15) is 42.9 Å². The first-order chi connectivity index (χ1) is 22.2. The van der Waals surface area contributed by atoms with Gasteiger partial charge in [0.15, 0.2) is 0 Å². The zero-order chi connectivity index (χ0) is 32.8. The fourth-order valence-corrected chi connectivity index (χ4v) is 5.64. The van der Waals surface area contributed by atoms with Crippen LogP contribution in [0, 0.1) is 0 Å². The van der Waals surface area contributed by atoms with Crippen LogP contribution in [0.2, 0.25) is 0 Å². The molecular formula is C34H36N2O10. The number of rotatable bonds is 13. The number of ether oxygens (including phenoxy) is 5. The molecule has 12 nitrogen and oxygen atoms in total. The molecule has 0 aromatic heterocycles. The molecule has 2 aliphatic rings. The number of ketones is 1. The van der Waals surface area contributed by atoms with Gasteiger partial charge in [0.05, 0.1) is 33.4 Å². The van der Waals surface area contributed by atoms with E-state index in [2.05, 4.69) is 5.32 Å². The molecule has 0 spiro atoms. The lowest BCUT2D eigenvalue weighted by Gasteiger charge is -2.37. The number of nitrogens with zero attached hydrogens (tertiary/aromatic N) is 1.